The first kappa shape index (κ1) is 13.5. The third-order valence-corrected chi connectivity index (χ3v) is 2.68. The van der Waals surface area contributed by atoms with Gasteiger partial charge in [0, 0.05) is 24.8 Å². The van der Waals surface area contributed by atoms with Crippen LogP contribution in [0, 0.1) is 11.3 Å². The third-order valence-electron chi connectivity index (χ3n) is 2.68. The van der Waals surface area contributed by atoms with Gasteiger partial charge in [-0.15, -0.1) is 0 Å². The summed E-state index contributed by atoms with van der Waals surface area (Å²) in [5, 5.41) is 8.67. The molecule has 0 saturated carbocycles. The van der Waals surface area contributed by atoms with Crippen molar-refractivity contribution in [3.8, 4) is 6.07 Å². The quantitative estimate of drug-likeness (QED) is 0.845. The van der Waals surface area contributed by atoms with Gasteiger partial charge < -0.3 is 10.6 Å². The summed E-state index contributed by atoms with van der Waals surface area (Å²) in [5.41, 5.74) is 6.93. The number of pyridine rings is 1. The smallest absolute Gasteiger partial charge is 0.129 e. The van der Waals surface area contributed by atoms with Crippen molar-refractivity contribution in [3.63, 3.8) is 0 Å². The second kappa shape index (κ2) is 6.21. The molecule has 1 aromatic heterocycles. The molecule has 2 N–H and O–H groups in total. The van der Waals surface area contributed by atoms with E-state index in [9.17, 15) is 0 Å². The fourth-order valence-corrected chi connectivity index (χ4v) is 1.68. The second-order valence-corrected chi connectivity index (χ2v) is 4.43. The van der Waals surface area contributed by atoms with E-state index in [0.717, 1.165) is 11.4 Å². The van der Waals surface area contributed by atoms with E-state index in [1.165, 1.54) is 0 Å². The van der Waals surface area contributed by atoms with Gasteiger partial charge in [0.15, 0.2) is 0 Å². The van der Waals surface area contributed by atoms with Crippen LogP contribution in [0.1, 0.15) is 38.8 Å². The van der Waals surface area contributed by atoms with Gasteiger partial charge in [0.05, 0.1) is 12.5 Å². The molecular formula is C13H20N4. The van der Waals surface area contributed by atoms with Crippen LogP contribution < -0.4 is 10.6 Å². The van der Waals surface area contributed by atoms with E-state index in [2.05, 4.69) is 29.8 Å². The van der Waals surface area contributed by atoms with Crippen molar-refractivity contribution in [3.05, 3.63) is 23.9 Å². The Bertz CT molecular complexity index is 393. The van der Waals surface area contributed by atoms with Crippen LogP contribution in [0.15, 0.2) is 18.3 Å². The zero-order valence-corrected chi connectivity index (χ0v) is 10.7. The summed E-state index contributed by atoms with van der Waals surface area (Å²) in [5.74, 6) is 0.894. The van der Waals surface area contributed by atoms with Crippen LogP contribution in [-0.2, 0) is 0 Å². The molecule has 1 aromatic rings. The molecule has 0 aliphatic carbocycles. The monoisotopic (exact) mass is 232 g/mol. The Morgan fingerprint density at radius 2 is 2.18 bits per heavy atom. The lowest BCUT2D eigenvalue weighted by Gasteiger charge is -2.27. The van der Waals surface area contributed by atoms with E-state index in [4.69, 9.17) is 11.0 Å². The normalized spacial score (nSPS) is 12.2. The molecule has 4 nitrogen and oxygen atoms in total. The average molecular weight is 232 g/mol. The Hall–Kier alpha value is -1.60. The van der Waals surface area contributed by atoms with E-state index in [1.54, 1.807) is 6.20 Å². The first-order valence-electron chi connectivity index (χ1n) is 5.91. The van der Waals surface area contributed by atoms with Crippen LogP contribution in [-0.4, -0.2) is 17.6 Å². The highest BCUT2D eigenvalue weighted by Crippen LogP contribution is 2.18. The Labute approximate surface area is 103 Å². The van der Waals surface area contributed by atoms with E-state index in [-0.39, 0.29) is 6.04 Å². The molecule has 0 bridgehead atoms. The average Bonchev–Trinajstić information content (AvgIpc) is 2.29. The highest BCUT2D eigenvalue weighted by Gasteiger charge is 2.12. The molecule has 0 fully saturated rings. The first-order chi connectivity index (χ1) is 8.06. The van der Waals surface area contributed by atoms with Gasteiger partial charge in [0.1, 0.15) is 5.82 Å². The summed E-state index contributed by atoms with van der Waals surface area (Å²) >= 11 is 0. The predicted octanol–water partition coefficient (Wildman–Crippen LogP) is 2.23. The molecule has 1 rings (SSSR count). The van der Waals surface area contributed by atoms with Crippen molar-refractivity contribution < 1.29 is 0 Å². The molecule has 0 radical (unpaired) electrons. The summed E-state index contributed by atoms with van der Waals surface area (Å²) in [6.45, 7) is 6.84. The van der Waals surface area contributed by atoms with Crippen LogP contribution in [0.4, 0.5) is 5.82 Å². The van der Waals surface area contributed by atoms with Gasteiger partial charge in [0.25, 0.3) is 0 Å². The van der Waals surface area contributed by atoms with Crippen molar-refractivity contribution in [2.75, 3.05) is 11.4 Å². The molecule has 0 aliphatic heterocycles. The SMILES string of the molecule is CC(N)c1ccnc(N(CCC#N)C(C)C)c1. The molecule has 1 heterocycles. The van der Waals surface area contributed by atoms with E-state index in [1.807, 2.05) is 19.1 Å². The van der Waals surface area contributed by atoms with Crippen molar-refractivity contribution in [1.82, 2.24) is 4.98 Å². The van der Waals surface area contributed by atoms with Crippen LogP contribution in [0.5, 0.6) is 0 Å². The minimum absolute atomic E-state index is 0.00160. The molecule has 0 amide bonds. The van der Waals surface area contributed by atoms with Crippen LogP contribution in [0.2, 0.25) is 0 Å². The summed E-state index contributed by atoms with van der Waals surface area (Å²) in [4.78, 5) is 6.48. The molecule has 17 heavy (non-hydrogen) atoms. The fraction of sp³-hybridized carbons (Fsp3) is 0.538. The number of rotatable bonds is 5. The van der Waals surface area contributed by atoms with Gasteiger partial charge in [0.2, 0.25) is 0 Å². The largest absolute Gasteiger partial charge is 0.353 e. The van der Waals surface area contributed by atoms with Gasteiger partial charge in [-0.1, -0.05) is 0 Å². The van der Waals surface area contributed by atoms with E-state index >= 15 is 0 Å². The fourth-order valence-electron chi connectivity index (χ4n) is 1.68. The maximum absolute atomic E-state index is 8.67. The predicted molar refractivity (Wildman–Crippen MR) is 69.6 cm³/mol. The molecule has 1 unspecified atom stereocenters. The van der Waals surface area contributed by atoms with Crippen LogP contribution in [0.3, 0.4) is 0 Å². The molecule has 0 saturated heterocycles. The van der Waals surface area contributed by atoms with Gasteiger partial charge in [-0.25, -0.2) is 4.98 Å². The number of nitrogens with zero attached hydrogens (tertiary/aromatic N) is 3. The number of nitriles is 1. The molecule has 4 heteroatoms. The molecule has 92 valence electrons. The van der Waals surface area contributed by atoms with Gasteiger partial charge in [-0.3, -0.25) is 0 Å². The lowest BCUT2D eigenvalue weighted by Crippen LogP contribution is -2.32. The number of aromatic nitrogens is 1. The van der Waals surface area contributed by atoms with E-state index in [0.29, 0.717) is 19.0 Å². The number of hydrogen-bond acceptors (Lipinski definition) is 4. The zero-order valence-electron chi connectivity index (χ0n) is 10.7. The standard InChI is InChI=1S/C13H20N4/c1-10(2)17(8-4-6-14)13-9-12(11(3)15)5-7-16-13/h5,7,9-11H,4,8,15H2,1-3H3. The van der Waals surface area contributed by atoms with Crippen molar-refractivity contribution in [2.45, 2.75) is 39.3 Å². The Balaban J connectivity index is 2.94. The molecule has 0 aromatic carbocycles. The number of hydrogen-bond donors (Lipinski definition) is 1. The van der Waals surface area contributed by atoms with Crippen molar-refractivity contribution in [2.24, 2.45) is 5.73 Å². The van der Waals surface area contributed by atoms with Crippen molar-refractivity contribution in [1.29, 1.82) is 5.26 Å². The molecule has 0 spiro atoms. The highest BCUT2D eigenvalue weighted by atomic mass is 15.2. The Kier molecular flexibility index (Phi) is 4.92. The maximum atomic E-state index is 8.67. The minimum atomic E-state index is 0.00160. The van der Waals surface area contributed by atoms with Crippen LogP contribution >= 0.6 is 0 Å². The molecular weight excluding hydrogens is 212 g/mol. The highest BCUT2D eigenvalue weighted by molar-refractivity contribution is 5.42. The van der Waals surface area contributed by atoms with Gasteiger partial charge in [-0.05, 0) is 38.5 Å². The number of nitrogens with two attached hydrogens (primary N) is 1. The Morgan fingerprint density at radius 3 is 2.71 bits per heavy atom. The summed E-state index contributed by atoms with van der Waals surface area (Å²) in [6.07, 6.45) is 2.28. The molecule has 1 atom stereocenters. The maximum Gasteiger partial charge on any atom is 0.129 e. The first-order valence-corrected chi connectivity index (χ1v) is 5.91. The second-order valence-electron chi connectivity index (χ2n) is 4.43. The summed E-state index contributed by atoms with van der Waals surface area (Å²) in [7, 11) is 0. The number of anilines is 1. The van der Waals surface area contributed by atoms with Gasteiger partial charge in [-0.2, -0.15) is 5.26 Å². The minimum Gasteiger partial charge on any atom is -0.353 e. The summed E-state index contributed by atoms with van der Waals surface area (Å²) in [6, 6.07) is 6.42. The lowest BCUT2D eigenvalue weighted by molar-refractivity contribution is 0.675. The topological polar surface area (TPSA) is 65.9 Å². The Morgan fingerprint density at radius 1 is 1.47 bits per heavy atom. The van der Waals surface area contributed by atoms with Gasteiger partial charge >= 0.3 is 0 Å². The third kappa shape index (κ3) is 3.72. The van der Waals surface area contributed by atoms with E-state index < -0.39 is 0 Å². The molecule has 0 aliphatic rings. The lowest BCUT2D eigenvalue weighted by atomic mass is 10.1. The summed E-state index contributed by atoms with van der Waals surface area (Å²) < 4.78 is 0. The van der Waals surface area contributed by atoms with Crippen LogP contribution in [0.25, 0.3) is 0 Å². The van der Waals surface area contributed by atoms with Crippen molar-refractivity contribution >= 4 is 5.82 Å². The zero-order chi connectivity index (χ0) is 12.8.